The van der Waals surface area contributed by atoms with Gasteiger partial charge in [-0.2, -0.15) is 4.98 Å². The zero-order valence-electron chi connectivity index (χ0n) is 16.0. The quantitative estimate of drug-likeness (QED) is 0.834. The minimum absolute atomic E-state index is 0.136. The Kier molecular flexibility index (Phi) is 3.95. The second-order valence-electron chi connectivity index (χ2n) is 8.36. The number of nitrogens with zero attached hydrogens (tertiary/aromatic N) is 4. The highest BCUT2D eigenvalue weighted by atomic mass is 16.5. The van der Waals surface area contributed by atoms with Crippen LogP contribution in [0.25, 0.3) is 0 Å². The minimum atomic E-state index is 0.136. The zero-order valence-corrected chi connectivity index (χ0v) is 16.0. The number of aryl methyl sites for hydroxylation is 1. The number of hydrogen-bond donors (Lipinski definition) is 0. The summed E-state index contributed by atoms with van der Waals surface area (Å²) in [5.41, 5.74) is 2.52. The highest BCUT2D eigenvalue weighted by Crippen LogP contribution is 2.46. The van der Waals surface area contributed by atoms with Gasteiger partial charge in [0, 0.05) is 44.3 Å². The Morgan fingerprint density at radius 1 is 1.19 bits per heavy atom. The molecule has 3 atom stereocenters. The first-order chi connectivity index (χ1) is 13.1. The van der Waals surface area contributed by atoms with E-state index in [9.17, 15) is 4.79 Å². The van der Waals surface area contributed by atoms with E-state index >= 15 is 0 Å². The number of anilines is 1. The van der Waals surface area contributed by atoms with Gasteiger partial charge in [-0.1, -0.05) is 30.7 Å². The third kappa shape index (κ3) is 2.73. The highest BCUT2D eigenvalue weighted by molar-refractivity contribution is 5.74. The first kappa shape index (κ1) is 16.8. The molecule has 6 nitrogen and oxygen atoms in total. The fourth-order valence-electron chi connectivity index (χ4n) is 5.03. The van der Waals surface area contributed by atoms with Crippen molar-refractivity contribution in [1.82, 2.24) is 15.0 Å². The molecule has 2 saturated heterocycles. The van der Waals surface area contributed by atoms with Crippen LogP contribution in [0.3, 0.4) is 0 Å². The molecule has 1 amide bonds. The average Bonchev–Trinajstić information content (AvgIpc) is 3.27. The molecular weight excluding hydrogens is 340 g/mol. The maximum Gasteiger partial charge on any atom is 0.266 e. The molecule has 1 aliphatic carbocycles. The van der Waals surface area contributed by atoms with Gasteiger partial charge in [0.05, 0.1) is 6.04 Å². The molecule has 142 valence electrons. The summed E-state index contributed by atoms with van der Waals surface area (Å²) >= 11 is 0. The van der Waals surface area contributed by atoms with Crippen molar-refractivity contribution in [2.24, 2.45) is 11.8 Å². The van der Waals surface area contributed by atoms with Crippen LogP contribution in [0, 0.1) is 18.8 Å². The number of rotatable bonds is 3. The van der Waals surface area contributed by atoms with E-state index in [0.717, 1.165) is 44.3 Å². The van der Waals surface area contributed by atoms with Crippen LogP contribution in [0.5, 0.6) is 0 Å². The van der Waals surface area contributed by atoms with Gasteiger partial charge in [-0.25, -0.2) is 0 Å². The van der Waals surface area contributed by atoms with Crippen molar-refractivity contribution in [3.05, 3.63) is 41.3 Å². The van der Waals surface area contributed by atoms with Gasteiger partial charge >= 0.3 is 0 Å². The molecule has 2 aromatic rings. The summed E-state index contributed by atoms with van der Waals surface area (Å²) in [5, 5.41) is 4.26. The maximum absolute atomic E-state index is 12.3. The van der Waals surface area contributed by atoms with Crippen molar-refractivity contribution in [3.63, 3.8) is 0 Å². The van der Waals surface area contributed by atoms with Gasteiger partial charge < -0.3 is 14.3 Å². The standard InChI is InChI=1S/C21H26N4O2/c1-13-6-3-4-9-17(13)19-18-12-24(10-16(18)11-25(19)14(2)26)21-22-20(27-23-21)15-7-5-8-15/h3-4,6,9,15-16,18-19H,5,7-8,10-12H2,1-2H3/t16-,18-,19-/m1/s1. The van der Waals surface area contributed by atoms with Gasteiger partial charge in [0.15, 0.2) is 0 Å². The van der Waals surface area contributed by atoms with Crippen molar-refractivity contribution in [3.8, 4) is 0 Å². The Morgan fingerprint density at radius 3 is 2.70 bits per heavy atom. The molecule has 0 N–H and O–H groups in total. The van der Waals surface area contributed by atoms with Crippen LogP contribution in [0.15, 0.2) is 28.8 Å². The summed E-state index contributed by atoms with van der Waals surface area (Å²) in [5.74, 6) is 3.00. The summed E-state index contributed by atoms with van der Waals surface area (Å²) in [6.07, 6.45) is 3.58. The van der Waals surface area contributed by atoms with Crippen LogP contribution < -0.4 is 4.90 Å². The molecule has 3 heterocycles. The van der Waals surface area contributed by atoms with Crippen LogP contribution in [-0.4, -0.2) is 40.6 Å². The predicted molar refractivity (Wildman–Crippen MR) is 101 cm³/mol. The lowest BCUT2D eigenvalue weighted by Crippen LogP contribution is -2.34. The van der Waals surface area contributed by atoms with Crippen molar-refractivity contribution in [1.29, 1.82) is 0 Å². The molecular formula is C21H26N4O2. The molecule has 0 bridgehead atoms. The number of aromatic nitrogens is 2. The van der Waals surface area contributed by atoms with E-state index in [2.05, 4.69) is 51.1 Å². The normalized spacial score (nSPS) is 27.7. The molecule has 27 heavy (non-hydrogen) atoms. The molecule has 3 fully saturated rings. The fourth-order valence-corrected chi connectivity index (χ4v) is 5.03. The van der Waals surface area contributed by atoms with E-state index < -0.39 is 0 Å². The SMILES string of the molecule is CC(=O)N1C[C@H]2CN(c3noc(C4CCC4)n3)C[C@H]2[C@H]1c1ccccc1C. The van der Waals surface area contributed by atoms with Crippen LogP contribution >= 0.6 is 0 Å². The second kappa shape index (κ2) is 6.36. The summed E-state index contributed by atoms with van der Waals surface area (Å²) in [4.78, 5) is 21.3. The topological polar surface area (TPSA) is 62.5 Å². The van der Waals surface area contributed by atoms with E-state index in [-0.39, 0.29) is 11.9 Å². The van der Waals surface area contributed by atoms with Crippen LogP contribution in [-0.2, 0) is 4.79 Å². The van der Waals surface area contributed by atoms with Crippen LogP contribution in [0.2, 0.25) is 0 Å². The molecule has 1 aromatic carbocycles. The van der Waals surface area contributed by atoms with Gasteiger partial charge in [-0.05, 0) is 36.0 Å². The molecule has 0 unspecified atom stereocenters. The summed E-state index contributed by atoms with van der Waals surface area (Å²) in [6, 6.07) is 8.58. The van der Waals surface area contributed by atoms with Gasteiger partial charge in [-0.15, -0.1) is 0 Å². The fraction of sp³-hybridized carbons (Fsp3) is 0.571. The number of carbonyl (C=O) groups excluding carboxylic acids is 1. The first-order valence-electron chi connectivity index (χ1n) is 10.0. The van der Waals surface area contributed by atoms with Gasteiger partial charge in [0.2, 0.25) is 11.8 Å². The molecule has 2 aliphatic heterocycles. The van der Waals surface area contributed by atoms with E-state index in [0.29, 0.717) is 17.8 Å². The van der Waals surface area contributed by atoms with Crippen molar-refractivity contribution >= 4 is 11.9 Å². The average molecular weight is 366 g/mol. The Hall–Kier alpha value is -2.37. The van der Waals surface area contributed by atoms with Crippen molar-refractivity contribution in [2.45, 2.75) is 45.1 Å². The highest BCUT2D eigenvalue weighted by Gasteiger charge is 2.49. The number of likely N-dealkylation sites (tertiary alicyclic amines) is 1. The molecule has 1 aromatic heterocycles. The third-order valence-corrected chi connectivity index (χ3v) is 6.74. The lowest BCUT2D eigenvalue weighted by Gasteiger charge is -2.30. The van der Waals surface area contributed by atoms with Gasteiger partial charge in [0.25, 0.3) is 5.95 Å². The molecule has 6 heteroatoms. The van der Waals surface area contributed by atoms with E-state index in [1.807, 2.05) is 0 Å². The summed E-state index contributed by atoms with van der Waals surface area (Å²) in [6.45, 7) is 6.40. The lowest BCUT2D eigenvalue weighted by molar-refractivity contribution is -0.130. The Morgan fingerprint density at radius 2 is 2.00 bits per heavy atom. The molecule has 0 radical (unpaired) electrons. The van der Waals surface area contributed by atoms with Gasteiger partial charge in [0.1, 0.15) is 0 Å². The Labute approximate surface area is 159 Å². The molecule has 1 saturated carbocycles. The van der Waals surface area contributed by atoms with E-state index in [4.69, 9.17) is 4.52 Å². The predicted octanol–water partition coefficient (Wildman–Crippen LogP) is 3.30. The number of carbonyl (C=O) groups is 1. The van der Waals surface area contributed by atoms with E-state index in [1.54, 1.807) is 6.92 Å². The molecule has 5 rings (SSSR count). The smallest absolute Gasteiger partial charge is 0.266 e. The monoisotopic (exact) mass is 366 g/mol. The van der Waals surface area contributed by atoms with E-state index in [1.165, 1.54) is 17.5 Å². The Balaban J connectivity index is 1.40. The number of hydrogen-bond acceptors (Lipinski definition) is 5. The zero-order chi connectivity index (χ0) is 18.5. The summed E-state index contributed by atoms with van der Waals surface area (Å²) in [7, 11) is 0. The minimum Gasteiger partial charge on any atom is -0.337 e. The van der Waals surface area contributed by atoms with Gasteiger partial charge in [-0.3, -0.25) is 4.79 Å². The lowest BCUT2D eigenvalue weighted by atomic mass is 9.85. The largest absolute Gasteiger partial charge is 0.337 e. The number of fused-ring (bicyclic) bond motifs is 1. The van der Waals surface area contributed by atoms with Crippen LogP contribution in [0.1, 0.15) is 55.2 Å². The molecule has 0 spiro atoms. The Bertz CT molecular complexity index is 859. The maximum atomic E-state index is 12.3. The second-order valence-corrected chi connectivity index (χ2v) is 8.36. The van der Waals surface area contributed by atoms with Crippen LogP contribution in [0.4, 0.5) is 5.95 Å². The third-order valence-electron chi connectivity index (χ3n) is 6.74. The first-order valence-corrected chi connectivity index (χ1v) is 10.0. The number of amides is 1. The summed E-state index contributed by atoms with van der Waals surface area (Å²) < 4.78 is 5.53. The van der Waals surface area contributed by atoms with Crippen molar-refractivity contribution < 1.29 is 9.32 Å². The number of benzene rings is 1. The van der Waals surface area contributed by atoms with Crippen molar-refractivity contribution in [2.75, 3.05) is 24.5 Å². The molecule has 3 aliphatic rings.